The second-order valence-electron chi connectivity index (χ2n) is 4.63. The summed E-state index contributed by atoms with van der Waals surface area (Å²) < 4.78 is 0. The largest absolute Gasteiger partial charge is 0.479 e. The molecule has 0 aliphatic carbocycles. The number of carbonyl (C=O) groups is 2. The Labute approximate surface area is 107 Å². The molecule has 0 aromatic heterocycles. The van der Waals surface area contributed by atoms with Crippen LogP contribution < -0.4 is 5.32 Å². The van der Waals surface area contributed by atoms with E-state index in [1.54, 1.807) is 4.90 Å². The summed E-state index contributed by atoms with van der Waals surface area (Å²) in [5.74, 6) is -1.25. The van der Waals surface area contributed by atoms with E-state index >= 15 is 0 Å². The Hall–Kier alpha value is -1.30. The van der Waals surface area contributed by atoms with Gasteiger partial charge in [-0.3, -0.25) is 0 Å². The van der Waals surface area contributed by atoms with Gasteiger partial charge in [0.25, 0.3) is 0 Å². The highest BCUT2D eigenvalue weighted by Crippen LogP contribution is 2.10. The minimum atomic E-state index is -1.40. The van der Waals surface area contributed by atoms with E-state index in [0.29, 0.717) is 0 Å². The van der Waals surface area contributed by atoms with Gasteiger partial charge in [-0.1, -0.05) is 19.3 Å². The van der Waals surface area contributed by atoms with E-state index in [-0.39, 0.29) is 19.0 Å². The standard InChI is InChI=1S/C12H22N2O4/c15-10(11(16)17)6-7-13-12(18)14-8-4-2-1-3-5-9-14/h10,15H,1-9H2,(H,13,18)(H,16,17). The molecule has 0 aromatic carbocycles. The molecular weight excluding hydrogens is 236 g/mol. The molecule has 1 fully saturated rings. The fraction of sp³-hybridized carbons (Fsp3) is 0.833. The van der Waals surface area contributed by atoms with Crippen LogP contribution in [-0.4, -0.2) is 52.9 Å². The molecule has 1 aliphatic heterocycles. The second-order valence-corrected chi connectivity index (χ2v) is 4.63. The van der Waals surface area contributed by atoms with Gasteiger partial charge < -0.3 is 20.4 Å². The summed E-state index contributed by atoms with van der Waals surface area (Å²) in [4.78, 5) is 24.0. The lowest BCUT2D eigenvalue weighted by Crippen LogP contribution is -2.42. The van der Waals surface area contributed by atoms with E-state index in [1.807, 2.05) is 0 Å². The molecule has 0 spiro atoms. The lowest BCUT2D eigenvalue weighted by atomic mass is 10.1. The molecule has 0 radical (unpaired) electrons. The van der Waals surface area contributed by atoms with Crippen LogP contribution in [0.3, 0.4) is 0 Å². The predicted octanol–water partition coefficient (Wildman–Crippen LogP) is 0.798. The molecule has 6 heteroatoms. The third kappa shape index (κ3) is 5.35. The lowest BCUT2D eigenvalue weighted by molar-refractivity contribution is -0.146. The molecule has 1 heterocycles. The molecule has 18 heavy (non-hydrogen) atoms. The van der Waals surface area contributed by atoms with Crippen molar-refractivity contribution in [2.45, 2.75) is 44.6 Å². The summed E-state index contributed by atoms with van der Waals surface area (Å²) in [5.41, 5.74) is 0. The second kappa shape index (κ2) is 7.92. The van der Waals surface area contributed by atoms with Crippen molar-refractivity contribution in [1.82, 2.24) is 10.2 Å². The number of carbonyl (C=O) groups excluding carboxylic acids is 1. The van der Waals surface area contributed by atoms with Crippen molar-refractivity contribution >= 4 is 12.0 Å². The van der Waals surface area contributed by atoms with Gasteiger partial charge in [-0.05, 0) is 12.8 Å². The number of urea groups is 1. The zero-order valence-corrected chi connectivity index (χ0v) is 10.6. The van der Waals surface area contributed by atoms with E-state index in [1.165, 1.54) is 6.42 Å². The number of hydrogen-bond donors (Lipinski definition) is 3. The maximum atomic E-state index is 11.8. The Morgan fingerprint density at radius 3 is 2.22 bits per heavy atom. The molecule has 0 bridgehead atoms. The number of likely N-dealkylation sites (tertiary alicyclic amines) is 1. The average Bonchev–Trinajstić information content (AvgIpc) is 2.27. The molecule has 0 saturated carbocycles. The van der Waals surface area contributed by atoms with Crippen LogP contribution in [0, 0.1) is 0 Å². The highest BCUT2D eigenvalue weighted by atomic mass is 16.4. The number of aliphatic hydroxyl groups is 1. The molecule has 104 valence electrons. The van der Waals surface area contributed by atoms with Crippen molar-refractivity contribution < 1.29 is 19.8 Å². The van der Waals surface area contributed by atoms with Crippen LogP contribution in [0.15, 0.2) is 0 Å². The summed E-state index contributed by atoms with van der Waals surface area (Å²) >= 11 is 0. The first-order valence-corrected chi connectivity index (χ1v) is 6.55. The van der Waals surface area contributed by atoms with Crippen molar-refractivity contribution in [1.29, 1.82) is 0 Å². The number of nitrogens with zero attached hydrogens (tertiary/aromatic N) is 1. The first kappa shape index (κ1) is 14.8. The molecule has 1 atom stereocenters. The third-order valence-corrected chi connectivity index (χ3v) is 3.12. The molecule has 1 saturated heterocycles. The van der Waals surface area contributed by atoms with Crippen LogP contribution in [-0.2, 0) is 4.79 Å². The van der Waals surface area contributed by atoms with Gasteiger partial charge in [0, 0.05) is 26.1 Å². The highest BCUT2D eigenvalue weighted by Gasteiger charge is 2.16. The Morgan fingerprint density at radius 2 is 1.67 bits per heavy atom. The molecule has 1 unspecified atom stereocenters. The number of nitrogens with one attached hydrogen (secondary N) is 1. The smallest absolute Gasteiger partial charge is 0.332 e. The molecule has 0 aromatic rings. The number of amides is 2. The molecule has 2 amide bonds. The number of hydrogen-bond acceptors (Lipinski definition) is 3. The fourth-order valence-corrected chi connectivity index (χ4v) is 2.00. The minimum Gasteiger partial charge on any atom is -0.479 e. The van der Waals surface area contributed by atoms with Crippen molar-refractivity contribution in [3.05, 3.63) is 0 Å². The molecule has 1 aliphatic rings. The highest BCUT2D eigenvalue weighted by molar-refractivity contribution is 5.74. The van der Waals surface area contributed by atoms with E-state index in [9.17, 15) is 9.59 Å². The van der Waals surface area contributed by atoms with E-state index in [0.717, 1.165) is 38.8 Å². The van der Waals surface area contributed by atoms with Crippen LogP contribution >= 0.6 is 0 Å². The summed E-state index contributed by atoms with van der Waals surface area (Å²) in [7, 11) is 0. The van der Waals surface area contributed by atoms with Gasteiger partial charge in [0.15, 0.2) is 6.10 Å². The van der Waals surface area contributed by atoms with E-state index in [4.69, 9.17) is 10.2 Å². The van der Waals surface area contributed by atoms with Crippen LogP contribution in [0.2, 0.25) is 0 Å². The van der Waals surface area contributed by atoms with Crippen molar-refractivity contribution in [3.8, 4) is 0 Å². The predicted molar refractivity (Wildman–Crippen MR) is 66.3 cm³/mol. The Bertz CT molecular complexity index is 275. The van der Waals surface area contributed by atoms with Crippen LogP contribution in [0.4, 0.5) is 4.79 Å². The van der Waals surface area contributed by atoms with E-state index < -0.39 is 12.1 Å². The SMILES string of the molecule is O=C(O)C(O)CCNC(=O)N1CCCCCCC1. The van der Waals surface area contributed by atoms with Gasteiger partial charge >= 0.3 is 12.0 Å². The number of carboxylic acids is 1. The zero-order valence-electron chi connectivity index (χ0n) is 10.6. The Morgan fingerprint density at radius 1 is 1.11 bits per heavy atom. The first-order valence-electron chi connectivity index (χ1n) is 6.55. The average molecular weight is 258 g/mol. The number of aliphatic hydroxyl groups excluding tert-OH is 1. The van der Waals surface area contributed by atoms with Crippen LogP contribution in [0.5, 0.6) is 0 Å². The summed E-state index contributed by atoms with van der Waals surface area (Å²) in [6.07, 6.45) is 4.21. The maximum absolute atomic E-state index is 11.8. The van der Waals surface area contributed by atoms with Crippen molar-refractivity contribution in [3.63, 3.8) is 0 Å². The summed E-state index contributed by atoms with van der Waals surface area (Å²) in [6.45, 7) is 1.70. The number of carboxylic acid groups (broad SMARTS) is 1. The first-order chi connectivity index (χ1) is 8.61. The van der Waals surface area contributed by atoms with Crippen LogP contribution in [0.1, 0.15) is 38.5 Å². The van der Waals surface area contributed by atoms with Gasteiger partial charge in [0.05, 0.1) is 0 Å². The van der Waals surface area contributed by atoms with Gasteiger partial charge in [-0.2, -0.15) is 0 Å². The molecule has 1 rings (SSSR count). The quantitative estimate of drug-likeness (QED) is 0.695. The van der Waals surface area contributed by atoms with Gasteiger partial charge in [-0.25, -0.2) is 9.59 Å². The summed E-state index contributed by atoms with van der Waals surface area (Å²) in [6, 6.07) is -0.158. The van der Waals surface area contributed by atoms with Gasteiger partial charge in [-0.15, -0.1) is 0 Å². The van der Waals surface area contributed by atoms with Crippen molar-refractivity contribution in [2.75, 3.05) is 19.6 Å². The van der Waals surface area contributed by atoms with Crippen molar-refractivity contribution in [2.24, 2.45) is 0 Å². The van der Waals surface area contributed by atoms with Gasteiger partial charge in [0.2, 0.25) is 0 Å². The summed E-state index contributed by atoms with van der Waals surface area (Å²) in [5, 5.41) is 20.2. The molecular formula is C12H22N2O4. The van der Waals surface area contributed by atoms with E-state index in [2.05, 4.69) is 5.32 Å². The fourth-order valence-electron chi connectivity index (χ4n) is 2.00. The maximum Gasteiger partial charge on any atom is 0.332 e. The monoisotopic (exact) mass is 258 g/mol. The van der Waals surface area contributed by atoms with Crippen LogP contribution in [0.25, 0.3) is 0 Å². The Balaban J connectivity index is 2.23. The number of rotatable bonds is 4. The normalized spacial score (nSPS) is 18.6. The lowest BCUT2D eigenvalue weighted by Gasteiger charge is -2.25. The molecule has 3 N–H and O–H groups in total. The minimum absolute atomic E-state index is 0.0366. The topological polar surface area (TPSA) is 89.9 Å². The Kier molecular flexibility index (Phi) is 6.49. The number of aliphatic carboxylic acids is 1. The zero-order chi connectivity index (χ0) is 13.4. The van der Waals surface area contributed by atoms with Gasteiger partial charge in [0.1, 0.15) is 0 Å². The molecule has 6 nitrogen and oxygen atoms in total. The third-order valence-electron chi connectivity index (χ3n) is 3.12.